The number of nitrogens with one attached hydrogen (secondary N) is 1. The van der Waals surface area contributed by atoms with Crippen LogP contribution in [-0.4, -0.2) is 40.0 Å². The SMILES string of the molecule is Cc1nsc(NC(=O)N2CCC(Cc3ccc(OCC(C)C)cc3F)CC2)n1. The molecule has 1 saturated heterocycles. The number of amides is 2. The molecule has 8 heteroatoms. The molecular formula is C20H27FN4O2S. The predicted molar refractivity (Wildman–Crippen MR) is 108 cm³/mol. The molecule has 0 unspecified atom stereocenters. The fourth-order valence-corrected chi connectivity index (χ4v) is 3.78. The van der Waals surface area contributed by atoms with Gasteiger partial charge in [0, 0.05) is 30.7 Å². The van der Waals surface area contributed by atoms with Crippen LogP contribution in [0.1, 0.15) is 38.1 Å². The van der Waals surface area contributed by atoms with Crippen LogP contribution in [0, 0.1) is 24.6 Å². The quantitative estimate of drug-likeness (QED) is 0.767. The van der Waals surface area contributed by atoms with Crippen LogP contribution in [0.3, 0.4) is 0 Å². The van der Waals surface area contributed by atoms with Gasteiger partial charge in [-0.05, 0) is 49.7 Å². The topological polar surface area (TPSA) is 67.4 Å². The van der Waals surface area contributed by atoms with Crippen LogP contribution in [0.5, 0.6) is 5.75 Å². The highest BCUT2D eigenvalue weighted by molar-refractivity contribution is 7.09. The molecule has 1 aromatic carbocycles. The first-order chi connectivity index (χ1) is 13.4. The zero-order valence-corrected chi connectivity index (χ0v) is 17.4. The van der Waals surface area contributed by atoms with Crippen molar-refractivity contribution >= 4 is 22.7 Å². The third kappa shape index (κ3) is 5.64. The van der Waals surface area contributed by atoms with Crippen LogP contribution in [0.25, 0.3) is 0 Å². The van der Waals surface area contributed by atoms with Crippen molar-refractivity contribution in [2.24, 2.45) is 11.8 Å². The van der Waals surface area contributed by atoms with E-state index in [1.807, 2.05) is 12.1 Å². The number of aromatic nitrogens is 2. The van der Waals surface area contributed by atoms with E-state index in [0.717, 1.165) is 12.8 Å². The molecule has 0 saturated carbocycles. The van der Waals surface area contributed by atoms with Crippen molar-refractivity contribution < 1.29 is 13.9 Å². The van der Waals surface area contributed by atoms with Crippen molar-refractivity contribution in [3.8, 4) is 5.75 Å². The number of halogens is 1. The Morgan fingerprint density at radius 2 is 2.14 bits per heavy atom. The summed E-state index contributed by atoms with van der Waals surface area (Å²) in [5, 5.41) is 3.31. The fraction of sp³-hybridized carbons (Fsp3) is 0.550. The Labute approximate surface area is 169 Å². The van der Waals surface area contributed by atoms with Crippen LogP contribution >= 0.6 is 11.5 Å². The number of aryl methyl sites for hydroxylation is 1. The van der Waals surface area contributed by atoms with Gasteiger partial charge in [-0.1, -0.05) is 19.9 Å². The monoisotopic (exact) mass is 406 g/mol. The Kier molecular flexibility index (Phi) is 6.83. The lowest BCUT2D eigenvalue weighted by Crippen LogP contribution is -2.41. The Hall–Kier alpha value is -2.22. The molecule has 1 aliphatic rings. The van der Waals surface area contributed by atoms with Gasteiger partial charge >= 0.3 is 6.03 Å². The molecule has 0 atom stereocenters. The predicted octanol–water partition coefficient (Wildman–Crippen LogP) is 4.51. The molecule has 0 radical (unpaired) electrons. The minimum absolute atomic E-state index is 0.146. The first-order valence-electron chi connectivity index (χ1n) is 9.68. The second-order valence-electron chi connectivity index (χ2n) is 7.67. The first kappa shape index (κ1) is 20.5. The highest BCUT2D eigenvalue weighted by Crippen LogP contribution is 2.25. The summed E-state index contributed by atoms with van der Waals surface area (Å²) < 4.78 is 24.1. The number of ether oxygens (including phenoxy) is 1. The van der Waals surface area contributed by atoms with E-state index in [0.29, 0.717) is 60.2 Å². The summed E-state index contributed by atoms with van der Waals surface area (Å²) in [7, 11) is 0. The zero-order chi connectivity index (χ0) is 20.1. The minimum Gasteiger partial charge on any atom is -0.493 e. The number of hydrogen-bond acceptors (Lipinski definition) is 5. The molecule has 152 valence electrons. The number of likely N-dealkylation sites (tertiary alicyclic amines) is 1. The van der Waals surface area contributed by atoms with Gasteiger partial charge in [0.25, 0.3) is 0 Å². The molecule has 0 spiro atoms. The largest absolute Gasteiger partial charge is 0.493 e. The second kappa shape index (κ2) is 9.32. The minimum atomic E-state index is -0.215. The summed E-state index contributed by atoms with van der Waals surface area (Å²) >= 11 is 1.18. The summed E-state index contributed by atoms with van der Waals surface area (Å²) in [6, 6.07) is 4.99. The molecule has 0 bridgehead atoms. The van der Waals surface area contributed by atoms with E-state index >= 15 is 0 Å². The fourth-order valence-electron chi connectivity index (χ4n) is 3.22. The molecule has 1 fully saturated rings. The Bertz CT molecular complexity index is 803. The van der Waals surface area contributed by atoms with Crippen molar-refractivity contribution in [1.29, 1.82) is 0 Å². The second-order valence-corrected chi connectivity index (χ2v) is 8.42. The zero-order valence-electron chi connectivity index (χ0n) is 16.6. The highest BCUT2D eigenvalue weighted by Gasteiger charge is 2.24. The van der Waals surface area contributed by atoms with Gasteiger partial charge in [0.05, 0.1) is 6.61 Å². The maximum absolute atomic E-state index is 14.4. The number of anilines is 1. The van der Waals surface area contributed by atoms with Gasteiger partial charge in [0.1, 0.15) is 17.4 Å². The number of piperidine rings is 1. The Morgan fingerprint density at radius 1 is 1.39 bits per heavy atom. The summed E-state index contributed by atoms with van der Waals surface area (Å²) in [4.78, 5) is 18.3. The highest BCUT2D eigenvalue weighted by atomic mass is 32.1. The molecule has 2 amide bonds. The molecule has 28 heavy (non-hydrogen) atoms. The molecule has 2 heterocycles. The van der Waals surface area contributed by atoms with Crippen LogP contribution < -0.4 is 10.1 Å². The third-order valence-corrected chi connectivity index (χ3v) is 5.48. The molecule has 2 aromatic rings. The Morgan fingerprint density at radius 3 is 2.75 bits per heavy atom. The number of rotatable bonds is 6. The molecule has 1 N–H and O–H groups in total. The summed E-state index contributed by atoms with van der Waals surface area (Å²) in [6.07, 6.45) is 2.39. The van der Waals surface area contributed by atoms with E-state index < -0.39 is 0 Å². The maximum atomic E-state index is 14.4. The van der Waals surface area contributed by atoms with E-state index in [-0.39, 0.29) is 11.8 Å². The number of benzene rings is 1. The van der Waals surface area contributed by atoms with Gasteiger partial charge in [-0.15, -0.1) is 0 Å². The van der Waals surface area contributed by atoms with Crippen molar-refractivity contribution in [1.82, 2.24) is 14.3 Å². The number of hydrogen-bond donors (Lipinski definition) is 1. The standard InChI is InChI=1S/C20H27FN4O2S/c1-13(2)12-27-17-5-4-16(18(21)11-17)10-15-6-8-25(9-7-15)20(26)23-19-22-14(3)24-28-19/h4-5,11,13,15H,6-10,12H2,1-3H3,(H,22,23,24,26). The molecular weight excluding hydrogens is 379 g/mol. The van der Waals surface area contributed by atoms with Crippen molar-refractivity contribution in [2.75, 3.05) is 25.0 Å². The van der Waals surface area contributed by atoms with E-state index in [9.17, 15) is 9.18 Å². The van der Waals surface area contributed by atoms with Gasteiger partial charge in [-0.3, -0.25) is 5.32 Å². The lowest BCUT2D eigenvalue weighted by molar-refractivity contribution is 0.182. The van der Waals surface area contributed by atoms with Crippen LogP contribution in [0.2, 0.25) is 0 Å². The third-order valence-electron chi connectivity index (χ3n) is 4.76. The van der Waals surface area contributed by atoms with Crippen LogP contribution in [0.4, 0.5) is 14.3 Å². The molecule has 3 rings (SSSR count). The van der Waals surface area contributed by atoms with Gasteiger partial charge in [-0.2, -0.15) is 4.37 Å². The summed E-state index contributed by atoms with van der Waals surface area (Å²) in [5.74, 6) is 1.79. The van der Waals surface area contributed by atoms with Gasteiger partial charge in [0.2, 0.25) is 5.13 Å². The van der Waals surface area contributed by atoms with E-state index in [1.165, 1.54) is 17.6 Å². The molecule has 1 aliphatic heterocycles. The average Bonchev–Trinajstić information content (AvgIpc) is 3.07. The Balaban J connectivity index is 1.48. The first-order valence-corrected chi connectivity index (χ1v) is 10.5. The smallest absolute Gasteiger partial charge is 0.323 e. The maximum Gasteiger partial charge on any atom is 0.323 e. The van der Waals surface area contributed by atoms with E-state index in [2.05, 4.69) is 28.5 Å². The molecule has 1 aromatic heterocycles. The number of urea groups is 1. The average molecular weight is 407 g/mol. The van der Waals surface area contributed by atoms with E-state index in [1.54, 1.807) is 11.8 Å². The number of carbonyl (C=O) groups excluding carboxylic acids is 1. The van der Waals surface area contributed by atoms with E-state index in [4.69, 9.17) is 4.74 Å². The van der Waals surface area contributed by atoms with Crippen molar-refractivity contribution in [2.45, 2.75) is 40.0 Å². The van der Waals surface area contributed by atoms with Crippen LogP contribution in [-0.2, 0) is 6.42 Å². The lowest BCUT2D eigenvalue weighted by Gasteiger charge is -2.31. The number of carbonyl (C=O) groups is 1. The van der Waals surface area contributed by atoms with Gasteiger partial charge in [0.15, 0.2) is 0 Å². The normalized spacial score (nSPS) is 15.1. The summed E-state index contributed by atoms with van der Waals surface area (Å²) in [6.45, 7) is 7.81. The summed E-state index contributed by atoms with van der Waals surface area (Å²) in [5.41, 5.74) is 0.712. The van der Waals surface area contributed by atoms with Crippen molar-refractivity contribution in [3.05, 3.63) is 35.4 Å². The molecule has 6 nitrogen and oxygen atoms in total. The number of nitrogens with zero attached hydrogens (tertiary/aromatic N) is 3. The lowest BCUT2D eigenvalue weighted by atomic mass is 9.90. The molecule has 0 aliphatic carbocycles. The van der Waals surface area contributed by atoms with Crippen molar-refractivity contribution in [3.63, 3.8) is 0 Å². The van der Waals surface area contributed by atoms with Gasteiger partial charge < -0.3 is 9.64 Å². The van der Waals surface area contributed by atoms with Gasteiger partial charge in [-0.25, -0.2) is 14.2 Å². The van der Waals surface area contributed by atoms with Crippen LogP contribution in [0.15, 0.2) is 18.2 Å².